The molecule has 106 valence electrons. The van der Waals surface area contributed by atoms with E-state index in [1.54, 1.807) is 24.3 Å². The maximum atomic E-state index is 12.6. The summed E-state index contributed by atoms with van der Waals surface area (Å²) in [6.07, 6.45) is 5.10. The third-order valence-electron chi connectivity index (χ3n) is 5.00. The summed E-state index contributed by atoms with van der Waals surface area (Å²) in [6.45, 7) is 1.49. The summed E-state index contributed by atoms with van der Waals surface area (Å²) < 4.78 is 0. The summed E-state index contributed by atoms with van der Waals surface area (Å²) in [5.41, 5.74) is 1.16. The summed E-state index contributed by atoms with van der Waals surface area (Å²) in [6, 6.07) is 6.70. The van der Waals surface area contributed by atoms with Gasteiger partial charge < -0.3 is 0 Å². The minimum atomic E-state index is -0.181. The Morgan fingerprint density at radius 3 is 2.00 bits per heavy atom. The van der Waals surface area contributed by atoms with Gasteiger partial charge in [-0.3, -0.25) is 19.3 Å². The first-order chi connectivity index (χ1) is 10.1. The number of hydrogen-bond donors (Lipinski definition) is 0. The Bertz CT molecular complexity index is 658. The number of carbonyl (C=O) groups is 3. The van der Waals surface area contributed by atoms with E-state index in [2.05, 4.69) is 12.2 Å². The number of allylic oxidation sites excluding steroid dienone is 2. The molecule has 0 spiro atoms. The van der Waals surface area contributed by atoms with Crippen LogP contribution in [0.4, 0.5) is 5.69 Å². The number of carbonyl (C=O) groups excluding carboxylic acids is 3. The van der Waals surface area contributed by atoms with Gasteiger partial charge in [0.25, 0.3) is 0 Å². The van der Waals surface area contributed by atoms with Crippen LogP contribution in [0.15, 0.2) is 36.4 Å². The van der Waals surface area contributed by atoms with E-state index in [1.165, 1.54) is 11.8 Å². The second kappa shape index (κ2) is 4.13. The van der Waals surface area contributed by atoms with Crippen molar-refractivity contribution in [2.24, 2.45) is 23.7 Å². The number of hydrogen-bond acceptors (Lipinski definition) is 3. The number of anilines is 1. The summed E-state index contributed by atoms with van der Waals surface area (Å²) in [5.74, 6) is -0.120. The van der Waals surface area contributed by atoms with Gasteiger partial charge in [-0.15, -0.1) is 0 Å². The molecule has 0 N–H and O–H groups in total. The SMILES string of the molecule is CC(=O)c1ccc(N2C(=O)[C@@H]3[C@H](C2=O)[C@H]2C=C[C@@H]3C2)cc1. The smallest absolute Gasteiger partial charge is 0.238 e. The highest BCUT2D eigenvalue weighted by molar-refractivity contribution is 6.22. The van der Waals surface area contributed by atoms with Crippen molar-refractivity contribution in [3.63, 3.8) is 0 Å². The molecule has 21 heavy (non-hydrogen) atoms. The van der Waals surface area contributed by atoms with E-state index < -0.39 is 0 Å². The predicted molar refractivity (Wildman–Crippen MR) is 76.7 cm³/mol. The topological polar surface area (TPSA) is 54.5 Å². The normalized spacial score (nSPS) is 32.9. The first kappa shape index (κ1) is 12.5. The van der Waals surface area contributed by atoms with Crippen LogP contribution in [-0.2, 0) is 9.59 Å². The molecule has 0 aromatic heterocycles. The number of benzene rings is 1. The first-order valence-corrected chi connectivity index (χ1v) is 7.25. The fraction of sp³-hybridized carbons (Fsp3) is 0.353. The molecular formula is C17H15NO3. The second-order valence-electron chi connectivity index (χ2n) is 6.11. The molecule has 4 nitrogen and oxygen atoms in total. The Morgan fingerprint density at radius 2 is 1.52 bits per heavy atom. The Balaban J connectivity index is 1.69. The van der Waals surface area contributed by atoms with Crippen molar-refractivity contribution in [2.45, 2.75) is 13.3 Å². The lowest BCUT2D eigenvalue weighted by molar-refractivity contribution is -0.123. The highest BCUT2D eigenvalue weighted by Crippen LogP contribution is 2.53. The van der Waals surface area contributed by atoms with Crippen LogP contribution < -0.4 is 4.90 Å². The predicted octanol–water partition coefficient (Wildman–Crippen LogP) is 2.20. The lowest BCUT2D eigenvalue weighted by atomic mass is 9.85. The lowest BCUT2D eigenvalue weighted by Crippen LogP contribution is -2.32. The molecule has 2 amide bonds. The van der Waals surface area contributed by atoms with Crippen molar-refractivity contribution < 1.29 is 14.4 Å². The summed E-state index contributed by atoms with van der Waals surface area (Å²) in [4.78, 5) is 37.8. The van der Waals surface area contributed by atoms with Crippen molar-refractivity contribution in [1.29, 1.82) is 0 Å². The standard InChI is InChI=1S/C17H15NO3/c1-9(19)10-4-6-13(7-5-10)18-16(20)14-11-2-3-12(8-11)15(14)17(18)21/h2-7,11-12,14-15H,8H2,1H3/t11-,12+,14+,15-. The van der Waals surface area contributed by atoms with Gasteiger partial charge in [0, 0.05) is 5.56 Å². The quantitative estimate of drug-likeness (QED) is 0.474. The molecule has 1 saturated carbocycles. The van der Waals surface area contributed by atoms with Gasteiger partial charge in [-0.2, -0.15) is 0 Å². The fourth-order valence-corrected chi connectivity index (χ4v) is 4.00. The third kappa shape index (κ3) is 1.59. The van der Waals surface area contributed by atoms with Gasteiger partial charge in [0.15, 0.2) is 5.78 Å². The van der Waals surface area contributed by atoms with E-state index in [0.717, 1.165) is 6.42 Å². The third-order valence-corrected chi connectivity index (χ3v) is 5.00. The average Bonchev–Trinajstić information content (AvgIpc) is 3.13. The van der Waals surface area contributed by atoms with E-state index in [4.69, 9.17) is 0 Å². The summed E-state index contributed by atoms with van der Waals surface area (Å²) >= 11 is 0. The van der Waals surface area contributed by atoms with E-state index >= 15 is 0 Å². The fourth-order valence-electron chi connectivity index (χ4n) is 4.00. The van der Waals surface area contributed by atoms with E-state index in [1.807, 2.05) is 0 Å². The summed E-state index contributed by atoms with van der Waals surface area (Å²) in [5, 5.41) is 0. The van der Waals surface area contributed by atoms with E-state index in [0.29, 0.717) is 11.3 Å². The van der Waals surface area contributed by atoms with Crippen molar-refractivity contribution >= 4 is 23.3 Å². The van der Waals surface area contributed by atoms with Crippen LogP contribution in [0.5, 0.6) is 0 Å². The minimum absolute atomic E-state index is 0.0280. The molecule has 4 heteroatoms. The number of ketones is 1. The average molecular weight is 281 g/mol. The molecular weight excluding hydrogens is 266 g/mol. The Kier molecular flexibility index (Phi) is 2.46. The van der Waals surface area contributed by atoms with Gasteiger partial charge >= 0.3 is 0 Å². The molecule has 2 fully saturated rings. The maximum absolute atomic E-state index is 12.6. The monoisotopic (exact) mass is 281 g/mol. The van der Waals surface area contributed by atoms with Crippen LogP contribution in [0, 0.1) is 23.7 Å². The largest absolute Gasteiger partial charge is 0.295 e. The Morgan fingerprint density at radius 1 is 1.00 bits per heavy atom. The van der Waals surface area contributed by atoms with Gasteiger partial charge in [-0.05, 0) is 49.4 Å². The Hall–Kier alpha value is -2.23. The van der Waals surface area contributed by atoms with Gasteiger partial charge in [0.1, 0.15) is 0 Å². The second-order valence-corrected chi connectivity index (χ2v) is 6.11. The van der Waals surface area contributed by atoms with Crippen LogP contribution in [0.3, 0.4) is 0 Å². The molecule has 0 radical (unpaired) electrons. The van der Waals surface area contributed by atoms with Crippen molar-refractivity contribution in [3.05, 3.63) is 42.0 Å². The Labute approximate surface area is 122 Å². The van der Waals surface area contributed by atoms with Crippen LogP contribution in [0.2, 0.25) is 0 Å². The van der Waals surface area contributed by atoms with Crippen molar-refractivity contribution in [3.8, 4) is 0 Å². The molecule has 2 aliphatic carbocycles. The molecule has 1 aliphatic heterocycles. The van der Waals surface area contributed by atoms with Gasteiger partial charge in [-0.25, -0.2) is 0 Å². The molecule has 1 saturated heterocycles. The lowest BCUT2D eigenvalue weighted by Gasteiger charge is -2.17. The molecule has 2 bridgehead atoms. The highest BCUT2D eigenvalue weighted by Gasteiger charge is 2.59. The number of amides is 2. The number of rotatable bonds is 2. The summed E-state index contributed by atoms with van der Waals surface area (Å²) in [7, 11) is 0. The number of fused-ring (bicyclic) bond motifs is 5. The molecule has 1 heterocycles. The van der Waals surface area contributed by atoms with Gasteiger partial charge in [-0.1, -0.05) is 12.2 Å². The highest BCUT2D eigenvalue weighted by atomic mass is 16.2. The molecule has 1 aromatic carbocycles. The number of Topliss-reactive ketones (excluding diaryl/α,β-unsaturated/α-hetero) is 1. The maximum Gasteiger partial charge on any atom is 0.238 e. The molecule has 0 unspecified atom stereocenters. The van der Waals surface area contributed by atoms with E-state index in [9.17, 15) is 14.4 Å². The minimum Gasteiger partial charge on any atom is -0.295 e. The van der Waals surface area contributed by atoms with Crippen LogP contribution in [-0.4, -0.2) is 17.6 Å². The van der Waals surface area contributed by atoms with Crippen LogP contribution in [0.25, 0.3) is 0 Å². The molecule has 4 rings (SSSR count). The first-order valence-electron chi connectivity index (χ1n) is 7.25. The zero-order valence-corrected chi connectivity index (χ0v) is 11.7. The van der Waals surface area contributed by atoms with Crippen LogP contribution >= 0.6 is 0 Å². The van der Waals surface area contributed by atoms with Gasteiger partial charge in [0.2, 0.25) is 11.8 Å². The molecule has 4 atom stereocenters. The zero-order chi connectivity index (χ0) is 14.7. The van der Waals surface area contributed by atoms with E-state index in [-0.39, 0.29) is 41.3 Å². The number of nitrogens with zero attached hydrogens (tertiary/aromatic N) is 1. The van der Waals surface area contributed by atoms with Gasteiger partial charge in [0.05, 0.1) is 17.5 Å². The zero-order valence-electron chi connectivity index (χ0n) is 11.7. The van der Waals surface area contributed by atoms with Crippen molar-refractivity contribution in [2.75, 3.05) is 4.90 Å². The molecule has 1 aromatic rings. The molecule has 3 aliphatic rings. The number of imide groups is 1. The van der Waals surface area contributed by atoms with Crippen LogP contribution in [0.1, 0.15) is 23.7 Å². The van der Waals surface area contributed by atoms with Crippen molar-refractivity contribution in [1.82, 2.24) is 0 Å².